The molecule has 0 heterocycles. The minimum atomic E-state index is 0.0594. The van der Waals surface area contributed by atoms with Crippen molar-refractivity contribution in [2.75, 3.05) is 13.2 Å². The average molecular weight is 823 g/mol. The molecule has 4 heteroatoms. The largest absolute Gasteiger partial charge is 0.507 e. The zero-order valence-electron chi connectivity index (χ0n) is 37.1. The molecular weight excluding hydrogens is 761 g/mol. The number of rotatable bonds is 10. The Kier molecular flexibility index (Phi) is 11.4. The Morgan fingerprint density at radius 1 is 0.419 bits per heavy atom. The molecule has 0 spiro atoms. The van der Waals surface area contributed by atoms with Gasteiger partial charge in [-0.2, -0.15) is 0 Å². The Hall–Kier alpha value is -5.48. The van der Waals surface area contributed by atoms with E-state index >= 15 is 0 Å². The Morgan fingerprint density at radius 3 is 1.11 bits per heavy atom. The number of ether oxygens (including phenoxy) is 2. The van der Waals surface area contributed by atoms with Gasteiger partial charge < -0.3 is 19.7 Å². The van der Waals surface area contributed by atoms with Crippen molar-refractivity contribution >= 4 is 0 Å². The molecule has 10 rings (SSSR count). The maximum absolute atomic E-state index is 12.3. The highest BCUT2D eigenvalue weighted by atomic mass is 16.5. The Bertz CT molecular complexity index is 2420. The molecule has 0 radical (unpaired) electrons. The highest BCUT2D eigenvalue weighted by Crippen LogP contribution is 2.49. The van der Waals surface area contributed by atoms with E-state index in [0.717, 1.165) is 107 Å². The van der Waals surface area contributed by atoms with E-state index in [1.807, 2.05) is 36.4 Å². The highest BCUT2D eigenvalue weighted by molar-refractivity contribution is 5.90. The lowest BCUT2D eigenvalue weighted by molar-refractivity contribution is 0.189. The summed E-state index contributed by atoms with van der Waals surface area (Å²) >= 11 is 0. The number of hydrogen-bond donors (Lipinski definition) is 2. The van der Waals surface area contributed by atoms with Crippen molar-refractivity contribution < 1.29 is 19.7 Å². The van der Waals surface area contributed by atoms with Crippen LogP contribution in [0.15, 0.2) is 84.9 Å². The number of hydrogen-bond acceptors (Lipinski definition) is 4. The summed E-state index contributed by atoms with van der Waals surface area (Å²) in [7, 11) is 0. The van der Waals surface area contributed by atoms with Crippen molar-refractivity contribution in [1.29, 1.82) is 0 Å². The predicted octanol–water partition coefficient (Wildman–Crippen LogP) is 14.0. The van der Waals surface area contributed by atoms with Crippen LogP contribution in [0.4, 0.5) is 0 Å². The molecule has 0 unspecified atom stereocenters. The lowest BCUT2D eigenvalue weighted by Crippen LogP contribution is -2.17. The first-order valence-corrected chi connectivity index (χ1v) is 23.8. The SMILES string of the molecule is Cc1cc(-c2ccccc2OCC(C)COc2ccccc2-c2cc(C)cc(-c3c4c(cc5c3CCCC5)CCCC4)c2O)c(O)c(-c2c3c(cc4c2CCCC4)CCCC3)c1. The van der Waals surface area contributed by atoms with Crippen LogP contribution in [0.5, 0.6) is 23.0 Å². The number of benzene rings is 6. The second kappa shape index (κ2) is 17.4. The van der Waals surface area contributed by atoms with Crippen molar-refractivity contribution in [3.8, 4) is 67.5 Å². The van der Waals surface area contributed by atoms with E-state index in [2.05, 4.69) is 69.3 Å². The Morgan fingerprint density at radius 2 is 0.742 bits per heavy atom. The van der Waals surface area contributed by atoms with Gasteiger partial charge in [0.25, 0.3) is 0 Å². The number of fused-ring (bicyclic) bond motifs is 4. The van der Waals surface area contributed by atoms with Gasteiger partial charge in [0.15, 0.2) is 0 Å². The van der Waals surface area contributed by atoms with Crippen LogP contribution in [-0.2, 0) is 51.4 Å². The van der Waals surface area contributed by atoms with Crippen molar-refractivity contribution in [2.24, 2.45) is 5.92 Å². The molecule has 6 aromatic carbocycles. The van der Waals surface area contributed by atoms with E-state index in [4.69, 9.17) is 9.47 Å². The van der Waals surface area contributed by atoms with Gasteiger partial charge in [-0.05, 0) is 220 Å². The molecule has 62 heavy (non-hydrogen) atoms. The molecule has 4 nitrogen and oxygen atoms in total. The monoisotopic (exact) mass is 822 g/mol. The summed E-state index contributed by atoms with van der Waals surface area (Å²) < 4.78 is 13.3. The highest BCUT2D eigenvalue weighted by Gasteiger charge is 2.28. The molecular formula is C58H62O4. The fourth-order valence-corrected chi connectivity index (χ4v) is 11.4. The Balaban J connectivity index is 0.907. The number of phenols is 2. The lowest BCUT2D eigenvalue weighted by Gasteiger charge is -2.29. The average Bonchev–Trinajstić information content (AvgIpc) is 3.30. The topological polar surface area (TPSA) is 58.9 Å². The molecule has 0 saturated heterocycles. The normalized spacial score (nSPS) is 15.7. The third kappa shape index (κ3) is 7.69. The molecule has 6 aromatic rings. The van der Waals surface area contributed by atoms with Gasteiger partial charge in [-0.1, -0.05) is 55.5 Å². The van der Waals surface area contributed by atoms with Gasteiger partial charge in [0, 0.05) is 39.3 Å². The van der Waals surface area contributed by atoms with Gasteiger partial charge in [-0.25, -0.2) is 0 Å². The molecule has 0 aliphatic heterocycles. The van der Waals surface area contributed by atoms with E-state index < -0.39 is 0 Å². The lowest BCUT2D eigenvalue weighted by atomic mass is 9.76. The second-order valence-electron chi connectivity index (χ2n) is 19.0. The van der Waals surface area contributed by atoms with Crippen molar-refractivity contribution in [3.63, 3.8) is 0 Å². The van der Waals surface area contributed by atoms with Crippen LogP contribution in [0, 0.1) is 19.8 Å². The zero-order chi connectivity index (χ0) is 42.3. The summed E-state index contributed by atoms with van der Waals surface area (Å²) in [6.07, 6.45) is 18.6. The first-order valence-electron chi connectivity index (χ1n) is 23.8. The van der Waals surface area contributed by atoms with Crippen LogP contribution >= 0.6 is 0 Å². The molecule has 0 atom stereocenters. The van der Waals surface area contributed by atoms with E-state index in [1.165, 1.54) is 107 Å². The van der Waals surface area contributed by atoms with Crippen LogP contribution < -0.4 is 9.47 Å². The smallest absolute Gasteiger partial charge is 0.131 e. The summed E-state index contributed by atoms with van der Waals surface area (Å²) in [6.45, 7) is 7.34. The van der Waals surface area contributed by atoms with Gasteiger partial charge in [-0.15, -0.1) is 0 Å². The molecule has 0 fully saturated rings. The third-order valence-corrected chi connectivity index (χ3v) is 14.4. The van der Waals surface area contributed by atoms with Gasteiger partial charge in [-0.3, -0.25) is 0 Å². The van der Waals surface area contributed by atoms with E-state index in [-0.39, 0.29) is 5.92 Å². The molecule has 0 aromatic heterocycles. The molecule has 2 N–H and O–H groups in total. The standard InChI is InChI=1S/C58H62O4/c1-36-28-49(57(59)51(30-36)55-43-20-8-4-16-39(43)32-40-17-5-9-21-44(40)55)47-24-12-14-26-53(47)61-34-38(3)35-62-54-27-15-13-25-48(54)50-29-37(2)31-52(58(50)60)56-45-22-10-6-18-41(45)33-42-19-7-11-23-46(42)56/h12-15,24-33,38,59-60H,4-11,16-23,34-35H2,1-3H3. The third-order valence-electron chi connectivity index (χ3n) is 14.4. The molecule has 4 aliphatic carbocycles. The van der Waals surface area contributed by atoms with Crippen LogP contribution in [0.3, 0.4) is 0 Å². The van der Waals surface area contributed by atoms with Gasteiger partial charge in [0.1, 0.15) is 23.0 Å². The fraction of sp³-hybridized carbons (Fsp3) is 0.379. The fourth-order valence-electron chi connectivity index (χ4n) is 11.4. The van der Waals surface area contributed by atoms with Gasteiger partial charge in [0.05, 0.1) is 13.2 Å². The maximum atomic E-state index is 12.3. The Labute approximate surface area is 369 Å². The van der Waals surface area contributed by atoms with Gasteiger partial charge in [0.2, 0.25) is 0 Å². The van der Waals surface area contributed by atoms with Crippen LogP contribution in [0.25, 0.3) is 44.5 Å². The molecule has 0 amide bonds. The van der Waals surface area contributed by atoms with Crippen LogP contribution in [0.2, 0.25) is 0 Å². The number of aromatic hydroxyl groups is 2. The molecule has 0 bridgehead atoms. The number of aryl methyl sites for hydroxylation is 6. The molecule has 0 saturated carbocycles. The maximum Gasteiger partial charge on any atom is 0.131 e. The summed E-state index contributed by atoms with van der Waals surface area (Å²) in [5, 5.41) is 24.6. The minimum Gasteiger partial charge on any atom is -0.507 e. The predicted molar refractivity (Wildman–Crippen MR) is 254 cm³/mol. The van der Waals surface area contributed by atoms with E-state index in [0.29, 0.717) is 24.7 Å². The van der Waals surface area contributed by atoms with Crippen LogP contribution in [-0.4, -0.2) is 23.4 Å². The van der Waals surface area contributed by atoms with Gasteiger partial charge >= 0.3 is 0 Å². The second-order valence-corrected chi connectivity index (χ2v) is 19.0. The van der Waals surface area contributed by atoms with Crippen molar-refractivity contribution in [3.05, 3.63) is 141 Å². The first-order chi connectivity index (χ1) is 30.3. The van der Waals surface area contributed by atoms with E-state index in [9.17, 15) is 10.2 Å². The van der Waals surface area contributed by atoms with E-state index in [1.54, 1.807) is 0 Å². The molecule has 4 aliphatic rings. The van der Waals surface area contributed by atoms with Crippen LogP contribution in [0.1, 0.15) is 114 Å². The van der Waals surface area contributed by atoms with Crippen molar-refractivity contribution in [2.45, 2.75) is 124 Å². The quantitative estimate of drug-likeness (QED) is 0.144. The summed E-state index contributed by atoms with van der Waals surface area (Å²) in [6, 6.07) is 29.9. The summed E-state index contributed by atoms with van der Waals surface area (Å²) in [5.41, 5.74) is 22.0. The molecule has 318 valence electrons. The first kappa shape index (κ1) is 40.6. The zero-order valence-corrected chi connectivity index (χ0v) is 37.1. The number of para-hydroxylation sites is 2. The summed E-state index contributed by atoms with van der Waals surface area (Å²) in [5.74, 6) is 2.27. The minimum absolute atomic E-state index is 0.0594. The summed E-state index contributed by atoms with van der Waals surface area (Å²) in [4.78, 5) is 0. The number of phenolic OH excluding ortho intramolecular Hbond substituents is 2. The van der Waals surface area contributed by atoms with Crippen molar-refractivity contribution in [1.82, 2.24) is 0 Å².